The van der Waals surface area contributed by atoms with Gasteiger partial charge < -0.3 is 10.1 Å². The van der Waals surface area contributed by atoms with Gasteiger partial charge in [-0.1, -0.05) is 24.3 Å². The Morgan fingerprint density at radius 3 is 2.55 bits per heavy atom. The maximum atomic E-state index is 12.8. The monoisotopic (exact) mass is 657 g/mol. The Kier molecular flexibility index (Phi) is 8.60. The Morgan fingerprint density at radius 2 is 1.87 bits per heavy atom. The molecule has 0 aliphatic rings. The Hall–Kier alpha value is -2.25. The molecule has 0 spiro atoms. The lowest BCUT2D eigenvalue weighted by Crippen LogP contribution is -2.32. The summed E-state index contributed by atoms with van der Waals surface area (Å²) in [5.74, 6) is -0.240. The third-order valence-electron chi connectivity index (χ3n) is 3.97. The first kappa shape index (κ1) is 23.4. The van der Waals surface area contributed by atoms with Crippen LogP contribution in [0.5, 0.6) is 5.75 Å². The van der Waals surface area contributed by atoms with Gasteiger partial charge >= 0.3 is 0 Å². The van der Waals surface area contributed by atoms with Gasteiger partial charge in [-0.3, -0.25) is 9.59 Å². The molecule has 3 rings (SSSR count). The van der Waals surface area contributed by atoms with Crippen molar-refractivity contribution in [2.45, 2.75) is 0 Å². The summed E-state index contributed by atoms with van der Waals surface area (Å²) >= 11 is 5.85. The van der Waals surface area contributed by atoms with Gasteiger partial charge in [0, 0.05) is 19.6 Å². The standard InChI is InChI=1S/C22H17I2N3O3S/c1-30-20-15(10-16(23)11-18(20)24)13-25-27-22(29)19(12-17-8-5-9-31-17)26-21(28)14-6-3-2-4-7-14/h2-13H,1H3,(H,26,28)(H,27,29). The van der Waals surface area contributed by atoms with Gasteiger partial charge in [-0.2, -0.15) is 5.10 Å². The molecule has 0 atom stereocenters. The minimum Gasteiger partial charge on any atom is -0.495 e. The Labute approximate surface area is 211 Å². The molecule has 1 aromatic heterocycles. The van der Waals surface area contributed by atoms with Crippen LogP contribution in [-0.2, 0) is 4.79 Å². The molecule has 2 amide bonds. The molecular weight excluding hydrogens is 640 g/mol. The topological polar surface area (TPSA) is 79.8 Å². The van der Waals surface area contributed by atoms with E-state index in [2.05, 4.69) is 61.0 Å². The van der Waals surface area contributed by atoms with E-state index in [0.29, 0.717) is 11.3 Å². The summed E-state index contributed by atoms with van der Waals surface area (Å²) in [6.45, 7) is 0. The summed E-state index contributed by atoms with van der Waals surface area (Å²) in [5.41, 5.74) is 3.76. The van der Waals surface area contributed by atoms with E-state index in [1.807, 2.05) is 35.7 Å². The number of nitrogens with zero attached hydrogens (tertiary/aromatic N) is 1. The second-order valence-electron chi connectivity index (χ2n) is 6.10. The zero-order chi connectivity index (χ0) is 22.2. The summed E-state index contributed by atoms with van der Waals surface area (Å²) in [4.78, 5) is 26.2. The molecule has 0 aliphatic carbocycles. The largest absolute Gasteiger partial charge is 0.495 e. The molecule has 0 aliphatic heterocycles. The maximum absolute atomic E-state index is 12.8. The summed E-state index contributed by atoms with van der Waals surface area (Å²) in [6, 6.07) is 16.3. The van der Waals surface area contributed by atoms with Gasteiger partial charge in [0.25, 0.3) is 11.8 Å². The highest BCUT2D eigenvalue weighted by Crippen LogP contribution is 2.26. The lowest BCUT2D eigenvalue weighted by Gasteiger charge is -2.09. The minimum absolute atomic E-state index is 0.0950. The summed E-state index contributed by atoms with van der Waals surface area (Å²) in [7, 11) is 1.58. The average molecular weight is 657 g/mol. The van der Waals surface area contributed by atoms with E-state index in [1.165, 1.54) is 17.6 Å². The first-order valence-corrected chi connectivity index (χ1v) is 12.0. The fourth-order valence-electron chi connectivity index (χ4n) is 2.57. The number of methoxy groups -OCH3 is 1. The molecule has 2 N–H and O–H groups in total. The number of carbonyl (C=O) groups excluding carboxylic acids is 2. The quantitative estimate of drug-likeness (QED) is 0.165. The molecule has 31 heavy (non-hydrogen) atoms. The van der Waals surface area contributed by atoms with Gasteiger partial charge in [-0.25, -0.2) is 5.43 Å². The summed E-state index contributed by atoms with van der Waals surface area (Å²) < 4.78 is 7.38. The predicted molar refractivity (Wildman–Crippen MR) is 140 cm³/mol. The van der Waals surface area contributed by atoms with E-state index in [9.17, 15) is 9.59 Å². The molecular formula is C22H17I2N3O3S. The fraction of sp³-hybridized carbons (Fsp3) is 0.0455. The number of nitrogens with one attached hydrogen (secondary N) is 2. The van der Waals surface area contributed by atoms with E-state index < -0.39 is 5.91 Å². The number of carbonyl (C=O) groups is 2. The van der Waals surface area contributed by atoms with Crippen molar-refractivity contribution in [2.75, 3.05) is 7.11 Å². The molecule has 0 unspecified atom stereocenters. The Morgan fingerprint density at radius 1 is 1.10 bits per heavy atom. The van der Waals surface area contributed by atoms with Crippen LogP contribution in [0, 0.1) is 7.14 Å². The number of thiophene rings is 1. The molecule has 0 saturated heterocycles. The van der Waals surface area contributed by atoms with Gasteiger partial charge in [-0.05, 0) is 87.0 Å². The third kappa shape index (κ3) is 6.61. The smallest absolute Gasteiger partial charge is 0.287 e. The molecule has 1 heterocycles. The molecule has 158 valence electrons. The molecule has 0 bridgehead atoms. The number of hydrogen-bond donors (Lipinski definition) is 2. The number of rotatable bonds is 7. The van der Waals surface area contributed by atoms with E-state index in [-0.39, 0.29) is 11.6 Å². The number of halogens is 2. The molecule has 3 aromatic rings. The summed E-state index contributed by atoms with van der Waals surface area (Å²) in [6.07, 6.45) is 3.13. The van der Waals surface area contributed by atoms with Crippen molar-refractivity contribution >= 4 is 80.6 Å². The molecule has 6 nitrogen and oxygen atoms in total. The molecule has 9 heteroatoms. The SMILES string of the molecule is COc1c(I)cc(I)cc1C=NNC(=O)C(=Cc1cccs1)NC(=O)c1ccccc1. The van der Waals surface area contributed by atoms with E-state index >= 15 is 0 Å². The third-order valence-corrected chi connectivity index (χ3v) is 6.21. The lowest BCUT2D eigenvalue weighted by atomic mass is 10.2. The van der Waals surface area contributed by atoms with Crippen molar-refractivity contribution in [3.05, 3.63) is 88.8 Å². The molecule has 2 aromatic carbocycles. The zero-order valence-electron chi connectivity index (χ0n) is 16.3. The van der Waals surface area contributed by atoms with Crippen LogP contribution >= 0.6 is 56.5 Å². The van der Waals surface area contributed by atoms with E-state index in [1.54, 1.807) is 37.5 Å². The first-order valence-electron chi connectivity index (χ1n) is 8.96. The van der Waals surface area contributed by atoms with Gasteiger partial charge in [0.2, 0.25) is 0 Å². The van der Waals surface area contributed by atoms with Crippen molar-refractivity contribution in [2.24, 2.45) is 5.10 Å². The normalized spacial score (nSPS) is 11.4. The van der Waals surface area contributed by atoms with Crippen molar-refractivity contribution in [3.63, 3.8) is 0 Å². The molecule has 0 fully saturated rings. The van der Waals surface area contributed by atoms with Crippen molar-refractivity contribution in [3.8, 4) is 5.75 Å². The van der Waals surface area contributed by atoms with Crippen LogP contribution in [0.25, 0.3) is 6.08 Å². The average Bonchev–Trinajstić information content (AvgIpc) is 3.26. The van der Waals surface area contributed by atoms with Crippen molar-refractivity contribution < 1.29 is 14.3 Å². The minimum atomic E-state index is -0.534. The van der Waals surface area contributed by atoms with Crippen molar-refractivity contribution in [1.82, 2.24) is 10.7 Å². The van der Waals surface area contributed by atoms with Crippen LogP contribution in [0.2, 0.25) is 0 Å². The highest BCUT2D eigenvalue weighted by molar-refractivity contribution is 14.1. The zero-order valence-corrected chi connectivity index (χ0v) is 21.4. The van der Waals surface area contributed by atoms with E-state index in [4.69, 9.17) is 4.74 Å². The first-order chi connectivity index (χ1) is 15.0. The maximum Gasteiger partial charge on any atom is 0.287 e. The van der Waals surface area contributed by atoms with Crippen LogP contribution in [0.15, 0.2) is 70.8 Å². The highest BCUT2D eigenvalue weighted by Gasteiger charge is 2.15. The fourth-order valence-corrected chi connectivity index (χ4v) is 5.34. The number of ether oxygens (including phenoxy) is 1. The van der Waals surface area contributed by atoms with Gasteiger partial charge in [-0.15, -0.1) is 11.3 Å². The van der Waals surface area contributed by atoms with Crippen LogP contribution in [0.3, 0.4) is 0 Å². The Bertz CT molecular complexity index is 1130. The predicted octanol–water partition coefficient (Wildman–Crippen LogP) is 4.89. The van der Waals surface area contributed by atoms with E-state index in [0.717, 1.165) is 17.6 Å². The van der Waals surface area contributed by atoms with Gasteiger partial charge in [0.05, 0.1) is 16.9 Å². The second-order valence-corrected chi connectivity index (χ2v) is 9.49. The number of amides is 2. The number of benzene rings is 2. The molecule has 0 saturated carbocycles. The van der Waals surface area contributed by atoms with Gasteiger partial charge in [0.1, 0.15) is 11.4 Å². The number of hydrogen-bond acceptors (Lipinski definition) is 5. The second kappa shape index (κ2) is 11.4. The van der Waals surface area contributed by atoms with Crippen LogP contribution < -0.4 is 15.5 Å². The summed E-state index contributed by atoms with van der Waals surface area (Å²) in [5, 5.41) is 8.63. The van der Waals surface area contributed by atoms with Crippen LogP contribution in [0.1, 0.15) is 20.8 Å². The number of hydrazone groups is 1. The molecule has 0 radical (unpaired) electrons. The van der Waals surface area contributed by atoms with Crippen molar-refractivity contribution in [1.29, 1.82) is 0 Å². The highest BCUT2D eigenvalue weighted by atomic mass is 127. The van der Waals surface area contributed by atoms with Gasteiger partial charge in [0.15, 0.2) is 0 Å². The van der Waals surface area contributed by atoms with Crippen LogP contribution in [-0.4, -0.2) is 25.1 Å². The van der Waals surface area contributed by atoms with Crippen LogP contribution in [0.4, 0.5) is 0 Å². The lowest BCUT2D eigenvalue weighted by molar-refractivity contribution is -0.117. The Balaban J connectivity index is 1.79.